The molecular weight excluding hydrogens is 282 g/mol. The molecule has 0 saturated heterocycles. The summed E-state index contributed by atoms with van der Waals surface area (Å²) in [6.45, 7) is 1.92. The lowest BCUT2D eigenvalue weighted by Gasteiger charge is -2.08. The number of carbonyl (C=O) groups excluding carboxylic acids is 1. The van der Waals surface area contributed by atoms with E-state index in [4.69, 9.17) is 4.74 Å². The van der Waals surface area contributed by atoms with Crippen LogP contribution in [0.4, 0.5) is 5.13 Å². The van der Waals surface area contributed by atoms with Gasteiger partial charge in [-0.25, -0.2) is 9.78 Å². The number of fused-ring (bicyclic) bond motifs is 1. The summed E-state index contributed by atoms with van der Waals surface area (Å²) < 4.78 is 5.67. The van der Waals surface area contributed by atoms with Crippen LogP contribution in [0.1, 0.15) is 16.8 Å². The van der Waals surface area contributed by atoms with E-state index in [-0.39, 0.29) is 5.97 Å². The molecular formula is C12H17N3O2S2. The Kier molecular flexibility index (Phi) is 4.73. The number of aromatic nitrogens is 1. The van der Waals surface area contributed by atoms with Crippen LogP contribution < -0.4 is 5.32 Å². The van der Waals surface area contributed by atoms with Crippen molar-refractivity contribution < 1.29 is 9.53 Å². The molecule has 0 bridgehead atoms. The molecule has 0 unspecified atom stereocenters. The first-order valence-corrected chi connectivity index (χ1v) is 7.66. The van der Waals surface area contributed by atoms with E-state index in [0.717, 1.165) is 34.2 Å². The average Bonchev–Trinajstić information content (AvgIpc) is 2.93. The summed E-state index contributed by atoms with van der Waals surface area (Å²) in [7, 11) is 5.51. The Hall–Kier alpha value is -1.18. The fraction of sp³-hybridized carbons (Fsp3) is 0.500. The van der Waals surface area contributed by atoms with E-state index in [0.29, 0.717) is 5.56 Å². The van der Waals surface area contributed by atoms with E-state index in [9.17, 15) is 4.79 Å². The second-order valence-electron chi connectivity index (χ2n) is 4.38. The van der Waals surface area contributed by atoms with Crippen molar-refractivity contribution in [3.8, 4) is 0 Å². The van der Waals surface area contributed by atoms with Gasteiger partial charge in [0, 0.05) is 11.9 Å². The van der Waals surface area contributed by atoms with Crippen LogP contribution in [0, 0.1) is 0 Å². The maximum atomic E-state index is 11.6. The quantitative estimate of drug-likeness (QED) is 0.656. The minimum absolute atomic E-state index is 0.297. The number of hydrogen-bond acceptors (Lipinski definition) is 7. The molecule has 0 amide bonds. The van der Waals surface area contributed by atoms with Gasteiger partial charge in [-0.1, -0.05) is 11.3 Å². The number of methoxy groups -OCH3 is 1. The molecule has 2 aromatic rings. The van der Waals surface area contributed by atoms with Crippen LogP contribution >= 0.6 is 22.7 Å². The number of thiazole rings is 1. The number of carbonyl (C=O) groups is 1. The van der Waals surface area contributed by atoms with Crippen LogP contribution in [0.3, 0.4) is 0 Å². The smallest absolute Gasteiger partial charge is 0.340 e. The molecule has 0 saturated carbocycles. The summed E-state index contributed by atoms with van der Waals surface area (Å²) in [4.78, 5) is 19.1. The van der Waals surface area contributed by atoms with Gasteiger partial charge < -0.3 is 15.0 Å². The number of nitrogens with one attached hydrogen (secondary N) is 1. The van der Waals surface area contributed by atoms with E-state index in [1.807, 2.05) is 0 Å². The Bertz CT molecular complexity index is 562. The zero-order chi connectivity index (χ0) is 13.8. The molecule has 2 heterocycles. The monoisotopic (exact) mass is 299 g/mol. The highest BCUT2D eigenvalue weighted by Gasteiger charge is 2.16. The minimum atomic E-state index is -0.297. The Morgan fingerprint density at radius 2 is 2.32 bits per heavy atom. The molecule has 0 spiro atoms. The second kappa shape index (κ2) is 6.31. The Balaban J connectivity index is 2.01. The topological polar surface area (TPSA) is 54.5 Å². The fourth-order valence-electron chi connectivity index (χ4n) is 1.64. The van der Waals surface area contributed by atoms with Crippen molar-refractivity contribution in [1.29, 1.82) is 0 Å². The van der Waals surface area contributed by atoms with Crippen LogP contribution in [-0.4, -0.2) is 50.1 Å². The minimum Gasteiger partial charge on any atom is -0.465 e. The van der Waals surface area contributed by atoms with Crippen LogP contribution in [0.25, 0.3) is 9.53 Å². The summed E-state index contributed by atoms with van der Waals surface area (Å²) in [5.74, 6) is -0.297. The lowest BCUT2D eigenvalue weighted by Crippen LogP contribution is -2.16. The van der Waals surface area contributed by atoms with Gasteiger partial charge in [0.25, 0.3) is 0 Å². The number of anilines is 1. The van der Waals surface area contributed by atoms with Gasteiger partial charge in [-0.2, -0.15) is 0 Å². The molecule has 0 atom stereocenters. The van der Waals surface area contributed by atoms with Crippen molar-refractivity contribution >= 4 is 43.3 Å². The van der Waals surface area contributed by atoms with Crippen LogP contribution in [-0.2, 0) is 4.74 Å². The lowest BCUT2D eigenvalue weighted by molar-refractivity contribution is 0.0603. The standard InChI is InChI=1S/C12H17N3O2S2/c1-15(2)6-4-5-13-12-14-10-9(19-12)8(7-18-10)11(16)17-3/h7H,4-6H2,1-3H3,(H,13,14). The molecule has 2 aromatic heterocycles. The molecule has 0 fully saturated rings. The molecule has 0 radical (unpaired) electrons. The number of ether oxygens (including phenoxy) is 1. The number of esters is 1. The predicted octanol–water partition coefficient (Wildman–Crippen LogP) is 2.51. The highest BCUT2D eigenvalue weighted by molar-refractivity contribution is 7.28. The molecule has 1 N–H and O–H groups in total. The molecule has 0 aromatic carbocycles. The van der Waals surface area contributed by atoms with Gasteiger partial charge >= 0.3 is 5.97 Å². The largest absolute Gasteiger partial charge is 0.465 e. The third-order valence-corrected chi connectivity index (χ3v) is 4.64. The first-order valence-electron chi connectivity index (χ1n) is 5.96. The summed E-state index contributed by atoms with van der Waals surface area (Å²) in [5, 5.41) is 5.96. The van der Waals surface area contributed by atoms with Crippen LogP contribution in [0.2, 0.25) is 0 Å². The van der Waals surface area contributed by atoms with Crippen molar-refractivity contribution in [3.63, 3.8) is 0 Å². The highest BCUT2D eigenvalue weighted by atomic mass is 32.1. The van der Waals surface area contributed by atoms with Gasteiger partial charge in [-0.05, 0) is 27.1 Å². The van der Waals surface area contributed by atoms with E-state index in [1.54, 1.807) is 5.38 Å². The Morgan fingerprint density at radius 1 is 1.53 bits per heavy atom. The number of rotatable bonds is 6. The Labute approximate surface area is 120 Å². The van der Waals surface area contributed by atoms with Crippen molar-refractivity contribution in [2.45, 2.75) is 6.42 Å². The number of nitrogens with zero attached hydrogens (tertiary/aromatic N) is 2. The van der Waals surface area contributed by atoms with Crippen molar-refractivity contribution in [3.05, 3.63) is 10.9 Å². The molecule has 5 nitrogen and oxygen atoms in total. The summed E-state index contributed by atoms with van der Waals surface area (Å²) in [5.41, 5.74) is 0.612. The molecule has 0 aliphatic rings. The van der Waals surface area contributed by atoms with Crippen molar-refractivity contribution in [1.82, 2.24) is 9.88 Å². The predicted molar refractivity (Wildman–Crippen MR) is 80.5 cm³/mol. The van der Waals surface area contributed by atoms with Crippen molar-refractivity contribution in [2.24, 2.45) is 0 Å². The maximum absolute atomic E-state index is 11.6. The summed E-state index contributed by atoms with van der Waals surface area (Å²) in [6, 6.07) is 0. The normalized spacial score (nSPS) is 11.2. The van der Waals surface area contributed by atoms with Gasteiger partial charge in [0.05, 0.1) is 17.4 Å². The van der Waals surface area contributed by atoms with Gasteiger partial charge in [0.1, 0.15) is 4.83 Å². The third kappa shape index (κ3) is 3.43. The molecule has 0 aliphatic heterocycles. The summed E-state index contributed by atoms with van der Waals surface area (Å²) in [6.07, 6.45) is 1.06. The van der Waals surface area contributed by atoms with E-state index < -0.39 is 0 Å². The highest BCUT2D eigenvalue weighted by Crippen LogP contribution is 2.34. The zero-order valence-corrected chi connectivity index (χ0v) is 12.9. The van der Waals surface area contributed by atoms with E-state index in [2.05, 4.69) is 29.3 Å². The molecule has 0 aliphatic carbocycles. The van der Waals surface area contributed by atoms with Crippen LogP contribution in [0.5, 0.6) is 0 Å². The Morgan fingerprint density at radius 3 is 3.00 bits per heavy atom. The lowest BCUT2D eigenvalue weighted by atomic mass is 10.3. The molecule has 2 rings (SSSR count). The molecule has 7 heteroatoms. The maximum Gasteiger partial charge on any atom is 0.340 e. The number of hydrogen-bond donors (Lipinski definition) is 1. The first kappa shape index (κ1) is 14.2. The fourth-order valence-corrected chi connectivity index (χ4v) is 3.74. The van der Waals surface area contributed by atoms with E-state index in [1.165, 1.54) is 29.8 Å². The second-order valence-corrected chi connectivity index (χ2v) is 6.24. The van der Waals surface area contributed by atoms with Gasteiger partial charge in [0.15, 0.2) is 5.13 Å². The first-order chi connectivity index (χ1) is 9.11. The third-order valence-electron chi connectivity index (χ3n) is 2.59. The van der Waals surface area contributed by atoms with Crippen molar-refractivity contribution in [2.75, 3.05) is 39.6 Å². The summed E-state index contributed by atoms with van der Waals surface area (Å²) >= 11 is 2.98. The zero-order valence-electron chi connectivity index (χ0n) is 11.2. The molecule has 104 valence electrons. The van der Waals surface area contributed by atoms with Gasteiger partial charge in [0.2, 0.25) is 0 Å². The number of thiophene rings is 1. The average molecular weight is 299 g/mol. The van der Waals surface area contributed by atoms with Gasteiger partial charge in [-0.15, -0.1) is 11.3 Å². The molecule has 19 heavy (non-hydrogen) atoms. The van der Waals surface area contributed by atoms with E-state index >= 15 is 0 Å². The van der Waals surface area contributed by atoms with Crippen LogP contribution in [0.15, 0.2) is 5.38 Å². The SMILES string of the molecule is COC(=O)c1csc2nc(NCCCN(C)C)sc12. The van der Waals surface area contributed by atoms with Gasteiger partial charge in [-0.3, -0.25) is 0 Å².